The number of hydrogen-bond acceptors (Lipinski definition) is 6. The summed E-state index contributed by atoms with van der Waals surface area (Å²) in [5.41, 5.74) is 0.964. The molecule has 0 aliphatic heterocycles. The monoisotopic (exact) mass is 357 g/mol. The van der Waals surface area contributed by atoms with Crippen LogP contribution in [0.5, 0.6) is 11.5 Å². The Morgan fingerprint density at radius 3 is 2.38 bits per heavy atom. The molecule has 9 heteroatoms. The maximum absolute atomic E-state index is 13.1. The van der Waals surface area contributed by atoms with Crippen LogP contribution in [0.4, 0.5) is 4.39 Å². The molecule has 1 heterocycles. The van der Waals surface area contributed by atoms with Crippen LogP contribution in [-0.4, -0.2) is 40.3 Å². The second kappa shape index (κ2) is 7.60. The molecule has 0 saturated heterocycles. The van der Waals surface area contributed by atoms with Gasteiger partial charge in [-0.05, 0) is 46.8 Å². The van der Waals surface area contributed by atoms with Gasteiger partial charge in [0.05, 0.1) is 26.5 Å². The van der Waals surface area contributed by atoms with Gasteiger partial charge in [0.2, 0.25) is 0 Å². The van der Waals surface area contributed by atoms with Crippen LogP contribution >= 0.6 is 0 Å². The first-order valence-corrected chi connectivity index (χ1v) is 7.65. The van der Waals surface area contributed by atoms with E-state index in [1.807, 2.05) is 0 Å². The normalized spacial score (nSPS) is 10.4. The van der Waals surface area contributed by atoms with Gasteiger partial charge in [-0.15, -0.1) is 5.10 Å². The van der Waals surface area contributed by atoms with Gasteiger partial charge < -0.3 is 14.8 Å². The molecular weight excluding hydrogens is 341 g/mol. The van der Waals surface area contributed by atoms with E-state index < -0.39 is 0 Å². The van der Waals surface area contributed by atoms with Crippen molar-refractivity contribution in [2.45, 2.75) is 6.54 Å². The second-order valence-corrected chi connectivity index (χ2v) is 5.27. The number of nitrogens with one attached hydrogen (secondary N) is 1. The Bertz CT molecular complexity index is 889. The van der Waals surface area contributed by atoms with Gasteiger partial charge in [0.15, 0.2) is 5.82 Å². The second-order valence-electron chi connectivity index (χ2n) is 5.27. The predicted molar refractivity (Wildman–Crippen MR) is 89.8 cm³/mol. The van der Waals surface area contributed by atoms with Crippen molar-refractivity contribution < 1.29 is 18.7 Å². The Morgan fingerprint density at radius 2 is 1.77 bits per heavy atom. The van der Waals surface area contributed by atoms with Crippen molar-refractivity contribution in [1.29, 1.82) is 0 Å². The number of benzene rings is 2. The van der Waals surface area contributed by atoms with E-state index in [1.54, 1.807) is 30.3 Å². The molecular formula is C17H16FN5O3. The number of carbonyl (C=O) groups is 1. The van der Waals surface area contributed by atoms with Gasteiger partial charge in [0.25, 0.3) is 5.91 Å². The Labute approximate surface area is 148 Å². The number of rotatable bonds is 6. The molecule has 1 amide bonds. The highest BCUT2D eigenvalue weighted by atomic mass is 19.1. The van der Waals surface area contributed by atoms with Crippen molar-refractivity contribution in [1.82, 2.24) is 25.5 Å². The van der Waals surface area contributed by atoms with E-state index in [0.29, 0.717) is 28.6 Å². The molecule has 0 aliphatic carbocycles. The lowest BCUT2D eigenvalue weighted by molar-refractivity contribution is 0.0949. The highest BCUT2D eigenvalue weighted by molar-refractivity contribution is 5.95. The number of aromatic nitrogens is 4. The molecule has 0 saturated carbocycles. The molecule has 0 fully saturated rings. The summed E-state index contributed by atoms with van der Waals surface area (Å²) >= 11 is 0. The van der Waals surface area contributed by atoms with Gasteiger partial charge in [0, 0.05) is 11.6 Å². The van der Waals surface area contributed by atoms with E-state index in [2.05, 4.69) is 20.8 Å². The molecule has 0 bridgehead atoms. The average Bonchev–Trinajstić information content (AvgIpc) is 3.14. The topological polar surface area (TPSA) is 91.2 Å². The fraction of sp³-hybridized carbons (Fsp3) is 0.176. The highest BCUT2D eigenvalue weighted by Crippen LogP contribution is 2.22. The summed E-state index contributed by atoms with van der Waals surface area (Å²) in [6.07, 6.45) is 0. The maximum atomic E-state index is 13.1. The SMILES string of the molecule is COc1cc(OC)cc(C(=O)NCc2nnnn2-c2ccc(F)cc2)c1. The summed E-state index contributed by atoms with van der Waals surface area (Å²) in [5, 5.41) is 14.1. The fourth-order valence-corrected chi connectivity index (χ4v) is 2.30. The summed E-state index contributed by atoms with van der Waals surface area (Å²) in [5.74, 6) is 0.718. The lowest BCUT2D eigenvalue weighted by Gasteiger charge is -2.09. The molecule has 0 unspecified atom stereocenters. The van der Waals surface area contributed by atoms with Crippen molar-refractivity contribution in [2.75, 3.05) is 14.2 Å². The number of halogens is 1. The Balaban J connectivity index is 1.75. The van der Waals surface area contributed by atoms with Crippen LogP contribution in [0, 0.1) is 5.82 Å². The number of carbonyl (C=O) groups excluding carboxylic acids is 1. The molecule has 1 aromatic heterocycles. The summed E-state index contributed by atoms with van der Waals surface area (Å²) in [6, 6.07) is 10.6. The molecule has 8 nitrogen and oxygen atoms in total. The zero-order valence-corrected chi connectivity index (χ0v) is 14.1. The Morgan fingerprint density at radius 1 is 1.12 bits per heavy atom. The molecule has 0 aliphatic rings. The van der Waals surface area contributed by atoms with Crippen LogP contribution in [0.15, 0.2) is 42.5 Å². The van der Waals surface area contributed by atoms with Crippen LogP contribution in [-0.2, 0) is 6.54 Å². The molecule has 3 rings (SSSR count). The molecule has 3 aromatic rings. The lowest BCUT2D eigenvalue weighted by Crippen LogP contribution is -2.24. The van der Waals surface area contributed by atoms with Crippen LogP contribution in [0.1, 0.15) is 16.2 Å². The minimum Gasteiger partial charge on any atom is -0.497 e. The molecule has 0 atom stereocenters. The smallest absolute Gasteiger partial charge is 0.251 e. The largest absolute Gasteiger partial charge is 0.497 e. The summed E-state index contributed by atoms with van der Waals surface area (Å²) < 4.78 is 24.8. The molecule has 2 aromatic carbocycles. The van der Waals surface area contributed by atoms with Gasteiger partial charge in [-0.1, -0.05) is 0 Å². The number of methoxy groups -OCH3 is 2. The van der Waals surface area contributed by atoms with Crippen molar-refractivity contribution in [3.8, 4) is 17.2 Å². The third-order valence-electron chi connectivity index (χ3n) is 3.63. The zero-order chi connectivity index (χ0) is 18.5. The third kappa shape index (κ3) is 3.77. The van der Waals surface area contributed by atoms with Crippen molar-refractivity contribution >= 4 is 5.91 Å². The standard InChI is InChI=1S/C17H16FN5O3/c1-25-14-7-11(8-15(9-14)26-2)17(24)19-10-16-20-21-22-23(16)13-5-3-12(18)4-6-13/h3-9H,10H2,1-2H3,(H,19,24). The van der Waals surface area contributed by atoms with Crippen LogP contribution in [0.2, 0.25) is 0 Å². The van der Waals surface area contributed by atoms with Gasteiger partial charge in [-0.2, -0.15) is 4.68 Å². The van der Waals surface area contributed by atoms with Crippen molar-refractivity contribution in [2.24, 2.45) is 0 Å². The van der Waals surface area contributed by atoms with Gasteiger partial charge in [-0.25, -0.2) is 4.39 Å². The summed E-state index contributed by atoms with van der Waals surface area (Å²) in [6.45, 7) is 0.0860. The first kappa shape index (κ1) is 17.3. The highest BCUT2D eigenvalue weighted by Gasteiger charge is 2.13. The molecule has 26 heavy (non-hydrogen) atoms. The number of ether oxygens (including phenoxy) is 2. The first-order chi connectivity index (χ1) is 12.6. The Kier molecular flexibility index (Phi) is 5.07. The zero-order valence-electron chi connectivity index (χ0n) is 14.1. The number of nitrogens with zero attached hydrogens (tertiary/aromatic N) is 4. The maximum Gasteiger partial charge on any atom is 0.251 e. The van der Waals surface area contributed by atoms with Crippen LogP contribution < -0.4 is 14.8 Å². The van der Waals surface area contributed by atoms with E-state index in [9.17, 15) is 9.18 Å². The summed E-state index contributed by atoms with van der Waals surface area (Å²) in [7, 11) is 3.01. The quantitative estimate of drug-likeness (QED) is 0.723. The van der Waals surface area contributed by atoms with Gasteiger partial charge in [0.1, 0.15) is 17.3 Å². The average molecular weight is 357 g/mol. The van der Waals surface area contributed by atoms with E-state index in [1.165, 1.54) is 31.0 Å². The Hall–Kier alpha value is -3.49. The van der Waals surface area contributed by atoms with E-state index in [4.69, 9.17) is 9.47 Å². The molecule has 0 radical (unpaired) electrons. The summed E-state index contributed by atoms with van der Waals surface area (Å²) in [4.78, 5) is 12.4. The van der Waals surface area contributed by atoms with E-state index >= 15 is 0 Å². The van der Waals surface area contributed by atoms with Crippen LogP contribution in [0.25, 0.3) is 5.69 Å². The number of tetrazole rings is 1. The van der Waals surface area contributed by atoms with E-state index in [-0.39, 0.29) is 18.3 Å². The first-order valence-electron chi connectivity index (χ1n) is 7.65. The molecule has 1 N–H and O–H groups in total. The minimum absolute atomic E-state index is 0.0860. The number of amides is 1. The van der Waals surface area contributed by atoms with Crippen molar-refractivity contribution in [3.63, 3.8) is 0 Å². The fourth-order valence-electron chi connectivity index (χ4n) is 2.30. The molecule has 0 spiro atoms. The number of hydrogen-bond donors (Lipinski definition) is 1. The third-order valence-corrected chi connectivity index (χ3v) is 3.63. The van der Waals surface area contributed by atoms with Crippen molar-refractivity contribution in [3.05, 3.63) is 59.7 Å². The van der Waals surface area contributed by atoms with E-state index in [0.717, 1.165) is 0 Å². The lowest BCUT2D eigenvalue weighted by atomic mass is 10.2. The molecule has 134 valence electrons. The van der Waals surface area contributed by atoms with Gasteiger partial charge >= 0.3 is 0 Å². The minimum atomic E-state index is -0.358. The van der Waals surface area contributed by atoms with Gasteiger partial charge in [-0.3, -0.25) is 4.79 Å². The predicted octanol–water partition coefficient (Wildman–Crippen LogP) is 1.75. The van der Waals surface area contributed by atoms with Crippen LogP contribution in [0.3, 0.4) is 0 Å².